The summed E-state index contributed by atoms with van der Waals surface area (Å²) in [6.45, 7) is 3.73. The Bertz CT molecular complexity index is 453. The molecular weight excluding hydrogens is 268 g/mol. The molecule has 5 heteroatoms. The number of amides is 1. The summed E-state index contributed by atoms with van der Waals surface area (Å²) < 4.78 is 0. The van der Waals surface area contributed by atoms with E-state index in [2.05, 4.69) is 6.92 Å². The largest absolute Gasteiger partial charge is 0.398 e. The fourth-order valence-electron chi connectivity index (χ4n) is 2.03. The van der Waals surface area contributed by atoms with Crippen LogP contribution >= 0.6 is 23.4 Å². The number of hydrogen-bond acceptors (Lipinski definition) is 3. The fraction of sp³-hybridized carbons (Fsp3) is 0.462. The number of rotatable bonds is 2. The first-order valence-corrected chi connectivity index (χ1v) is 7.50. The van der Waals surface area contributed by atoms with Gasteiger partial charge < -0.3 is 10.6 Å². The van der Waals surface area contributed by atoms with Gasteiger partial charge in [-0.1, -0.05) is 18.5 Å². The van der Waals surface area contributed by atoms with Gasteiger partial charge >= 0.3 is 0 Å². The predicted octanol–water partition coefficient (Wildman–Crippen LogP) is 2.89. The third-order valence-electron chi connectivity index (χ3n) is 3.13. The van der Waals surface area contributed by atoms with Crippen molar-refractivity contribution in [3.8, 4) is 0 Å². The molecule has 0 spiro atoms. The highest BCUT2D eigenvalue weighted by atomic mass is 35.5. The summed E-state index contributed by atoms with van der Waals surface area (Å²) >= 11 is 7.86. The first-order chi connectivity index (χ1) is 8.61. The van der Waals surface area contributed by atoms with E-state index in [-0.39, 0.29) is 5.91 Å². The van der Waals surface area contributed by atoms with E-state index in [0.717, 1.165) is 25.3 Å². The van der Waals surface area contributed by atoms with Crippen molar-refractivity contribution in [3.05, 3.63) is 28.8 Å². The van der Waals surface area contributed by atoms with Crippen LogP contribution in [0, 0.1) is 0 Å². The fourth-order valence-corrected chi connectivity index (χ4v) is 3.39. The molecule has 1 aliphatic rings. The van der Waals surface area contributed by atoms with Gasteiger partial charge in [-0.15, -0.1) is 0 Å². The van der Waals surface area contributed by atoms with E-state index in [1.165, 1.54) is 0 Å². The van der Waals surface area contributed by atoms with Crippen LogP contribution in [0.25, 0.3) is 0 Å². The molecule has 98 valence electrons. The number of nitrogen functional groups attached to an aromatic ring is 1. The second-order valence-electron chi connectivity index (χ2n) is 4.38. The Kier molecular flexibility index (Phi) is 4.40. The summed E-state index contributed by atoms with van der Waals surface area (Å²) in [6, 6.07) is 5.04. The third-order valence-corrected chi connectivity index (χ3v) is 4.73. The van der Waals surface area contributed by atoms with E-state index >= 15 is 0 Å². The highest BCUT2D eigenvalue weighted by Crippen LogP contribution is 2.25. The van der Waals surface area contributed by atoms with E-state index < -0.39 is 0 Å². The Labute approximate surface area is 117 Å². The molecule has 1 saturated heterocycles. The van der Waals surface area contributed by atoms with Gasteiger partial charge in [0.05, 0.1) is 5.56 Å². The van der Waals surface area contributed by atoms with Gasteiger partial charge in [-0.25, -0.2) is 0 Å². The SMILES string of the molecule is CCC1CN(C(=O)c2cc(Cl)ccc2N)CCS1. The molecule has 0 radical (unpaired) electrons. The summed E-state index contributed by atoms with van der Waals surface area (Å²) in [5, 5.41) is 1.08. The van der Waals surface area contributed by atoms with Crippen molar-refractivity contribution in [2.24, 2.45) is 0 Å². The van der Waals surface area contributed by atoms with Crippen LogP contribution < -0.4 is 5.73 Å². The Hall–Kier alpha value is -0.870. The number of carbonyl (C=O) groups is 1. The van der Waals surface area contributed by atoms with Crippen LogP contribution in [0.1, 0.15) is 23.7 Å². The quantitative estimate of drug-likeness (QED) is 0.850. The number of halogens is 1. The van der Waals surface area contributed by atoms with E-state index in [0.29, 0.717) is 21.5 Å². The van der Waals surface area contributed by atoms with Gasteiger partial charge in [0, 0.05) is 34.8 Å². The van der Waals surface area contributed by atoms with Crippen LogP contribution in [0.3, 0.4) is 0 Å². The maximum atomic E-state index is 12.4. The molecule has 3 nitrogen and oxygen atoms in total. The lowest BCUT2D eigenvalue weighted by molar-refractivity contribution is 0.0762. The Morgan fingerprint density at radius 2 is 2.39 bits per heavy atom. The highest BCUT2D eigenvalue weighted by Gasteiger charge is 2.25. The molecule has 0 saturated carbocycles. The van der Waals surface area contributed by atoms with E-state index in [4.69, 9.17) is 17.3 Å². The summed E-state index contributed by atoms with van der Waals surface area (Å²) in [6.07, 6.45) is 1.08. The first kappa shape index (κ1) is 13.6. The van der Waals surface area contributed by atoms with Crippen molar-refractivity contribution in [1.82, 2.24) is 4.90 Å². The molecule has 1 heterocycles. The predicted molar refractivity (Wildman–Crippen MR) is 78.3 cm³/mol. The number of carbonyl (C=O) groups excluding carboxylic acids is 1. The van der Waals surface area contributed by atoms with Crippen LogP contribution in [-0.4, -0.2) is 34.9 Å². The number of thioether (sulfide) groups is 1. The molecule has 1 amide bonds. The zero-order chi connectivity index (χ0) is 13.1. The van der Waals surface area contributed by atoms with Crippen molar-refractivity contribution in [2.75, 3.05) is 24.6 Å². The zero-order valence-electron chi connectivity index (χ0n) is 10.4. The van der Waals surface area contributed by atoms with Crippen molar-refractivity contribution in [1.29, 1.82) is 0 Å². The topological polar surface area (TPSA) is 46.3 Å². The Morgan fingerprint density at radius 1 is 1.61 bits per heavy atom. The molecule has 2 rings (SSSR count). The summed E-state index contributed by atoms with van der Waals surface area (Å²) in [7, 11) is 0. The number of nitrogens with two attached hydrogens (primary N) is 1. The molecule has 1 aliphatic heterocycles. The molecule has 1 atom stereocenters. The first-order valence-electron chi connectivity index (χ1n) is 6.07. The highest BCUT2D eigenvalue weighted by molar-refractivity contribution is 8.00. The molecule has 1 fully saturated rings. The second kappa shape index (κ2) is 5.85. The average Bonchev–Trinajstić information content (AvgIpc) is 2.41. The molecule has 0 bridgehead atoms. The standard InChI is InChI=1S/C13H17ClN2OS/c1-2-10-8-16(5-6-18-10)13(17)11-7-9(14)3-4-12(11)15/h3-4,7,10H,2,5-6,8,15H2,1H3. The smallest absolute Gasteiger partial charge is 0.256 e. The van der Waals surface area contributed by atoms with Crippen molar-refractivity contribution < 1.29 is 4.79 Å². The molecule has 2 N–H and O–H groups in total. The van der Waals surface area contributed by atoms with Gasteiger partial charge in [0.1, 0.15) is 0 Å². The number of hydrogen-bond donors (Lipinski definition) is 1. The van der Waals surface area contributed by atoms with Crippen molar-refractivity contribution in [2.45, 2.75) is 18.6 Å². The minimum absolute atomic E-state index is 0.00579. The molecule has 18 heavy (non-hydrogen) atoms. The van der Waals surface area contributed by atoms with Crippen LogP contribution in [0.4, 0.5) is 5.69 Å². The lowest BCUT2D eigenvalue weighted by atomic mass is 10.1. The monoisotopic (exact) mass is 284 g/mol. The van der Waals surface area contributed by atoms with E-state index in [1.54, 1.807) is 18.2 Å². The van der Waals surface area contributed by atoms with Gasteiger partial charge in [0.25, 0.3) is 5.91 Å². The molecule has 1 aromatic carbocycles. The van der Waals surface area contributed by atoms with Crippen LogP contribution in [0.5, 0.6) is 0 Å². The minimum atomic E-state index is -0.00579. The van der Waals surface area contributed by atoms with Crippen molar-refractivity contribution in [3.63, 3.8) is 0 Å². The molecule has 1 aromatic rings. The third kappa shape index (κ3) is 2.93. The molecule has 0 aromatic heterocycles. The summed E-state index contributed by atoms with van der Waals surface area (Å²) in [4.78, 5) is 14.3. The molecular formula is C13H17ClN2OS. The maximum absolute atomic E-state index is 12.4. The number of anilines is 1. The van der Waals surface area contributed by atoms with Crippen LogP contribution in [0.2, 0.25) is 5.02 Å². The second-order valence-corrected chi connectivity index (χ2v) is 6.23. The maximum Gasteiger partial charge on any atom is 0.256 e. The zero-order valence-corrected chi connectivity index (χ0v) is 11.9. The Morgan fingerprint density at radius 3 is 3.11 bits per heavy atom. The van der Waals surface area contributed by atoms with Crippen LogP contribution in [-0.2, 0) is 0 Å². The summed E-state index contributed by atoms with van der Waals surface area (Å²) in [5.74, 6) is 0.985. The normalized spacial score (nSPS) is 19.9. The van der Waals surface area contributed by atoms with Crippen LogP contribution in [0.15, 0.2) is 18.2 Å². The molecule has 1 unspecified atom stereocenters. The van der Waals surface area contributed by atoms with Crippen molar-refractivity contribution >= 4 is 35.0 Å². The average molecular weight is 285 g/mol. The lowest BCUT2D eigenvalue weighted by Gasteiger charge is -2.32. The lowest BCUT2D eigenvalue weighted by Crippen LogP contribution is -2.42. The van der Waals surface area contributed by atoms with E-state index in [1.807, 2.05) is 16.7 Å². The van der Waals surface area contributed by atoms with Gasteiger partial charge in [-0.3, -0.25) is 4.79 Å². The number of nitrogens with zero attached hydrogens (tertiary/aromatic N) is 1. The van der Waals surface area contributed by atoms with Gasteiger partial charge in [-0.2, -0.15) is 11.8 Å². The minimum Gasteiger partial charge on any atom is -0.398 e. The van der Waals surface area contributed by atoms with E-state index in [9.17, 15) is 4.79 Å². The van der Waals surface area contributed by atoms with Gasteiger partial charge in [0.2, 0.25) is 0 Å². The van der Waals surface area contributed by atoms with Gasteiger partial charge in [0.15, 0.2) is 0 Å². The molecule has 0 aliphatic carbocycles. The van der Waals surface area contributed by atoms with Gasteiger partial charge in [-0.05, 0) is 24.6 Å². The summed E-state index contributed by atoms with van der Waals surface area (Å²) in [5.41, 5.74) is 6.87. The number of benzene rings is 1. The Balaban J connectivity index is 2.17.